The molecular formula is C21H21N5O4. The lowest BCUT2D eigenvalue weighted by atomic mass is 10.1. The average molecular weight is 407 g/mol. The molecule has 9 heteroatoms. The van der Waals surface area contributed by atoms with E-state index >= 15 is 0 Å². The van der Waals surface area contributed by atoms with Crippen LogP contribution >= 0.6 is 0 Å². The topological polar surface area (TPSA) is 122 Å². The first-order valence-electron chi connectivity index (χ1n) is 9.77. The highest BCUT2D eigenvalue weighted by atomic mass is 16.4. The largest absolute Gasteiger partial charge is 0.502 e. The van der Waals surface area contributed by atoms with Crippen LogP contribution in [0.1, 0.15) is 39.8 Å². The molecule has 0 aliphatic carbocycles. The standard InChI is InChI=1S/C21H21N5O4/c1-9(2)25-8-11(7-22-25)14-15-20(26(10(3)4)24-21(15)29)23-16-12-5-6-13(27)17(28)18(12)30-19(14)16/h5-10,23,28H,1-4H3,(H,24,29). The Morgan fingerprint density at radius 2 is 1.87 bits per heavy atom. The van der Waals surface area contributed by atoms with Crippen LogP contribution in [0, 0.1) is 0 Å². The second-order valence-corrected chi connectivity index (χ2v) is 8.03. The molecule has 5 rings (SSSR count). The Bertz CT molecular complexity index is 1560. The normalized spacial score (nSPS) is 12.3. The van der Waals surface area contributed by atoms with Gasteiger partial charge in [0.1, 0.15) is 5.65 Å². The Labute approximate surface area is 169 Å². The van der Waals surface area contributed by atoms with Crippen molar-refractivity contribution in [3.63, 3.8) is 0 Å². The number of nitrogens with zero attached hydrogens (tertiary/aromatic N) is 3. The number of phenols is 1. The van der Waals surface area contributed by atoms with Crippen molar-refractivity contribution in [3.8, 4) is 16.9 Å². The molecule has 0 fully saturated rings. The quantitative estimate of drug-likeness (QED) is 0.421. The van der Waals surface area contributed by atoms with E-state index < -0.39 is 11.2 Å². The zero-order chi connectivity index (χ0) is 21.3. The van der Waals surface area contributed by atoms with Crippen molar-refractivity contribution < 1.29 is 9.52 Å². The van der Waals surface area contributed by atoms with Gasteiger partial charge in [0.2, 0.25) is 11.2 Å². The molecule has 0 aliphatic heterocycles. The van der Waals surface area contributed by atoms with Crippen LogP contribution in [0.3, 0.4) is 0 Å². The van der Waals surface area contributed by atoms with E-state index in [-0.39, 0.29) is 23.2 Å². The minimum absolute atomic E-state index is 0.00468. The van der Waals surface area contributed by atoms with Crippen LogP contribution in [0.15, 0.2) is 38.5 Å². The van der Waals surface area contributed by atoms with Gasteiger partial charge < -0.3 is 14.5 Å². The van der Waals surface area contributed by atoms with E-state index in [1.807, 2.05) is 33.9 Å². The van der Waals surface area contributed by atoms with Crippen molar-refractivity contribution in [2.24, 2.45) is 0 Å². The summed E-state index contributed by atoms with van der Waals surface area (Å²) in [5.74, 6) is -0.453. The number of H-pyrrole nitrogens is 2. The molecule has 3 N–H and O–H groups in total. The number of aromatic hydroxyl groups is 1. The molecule has 0 atom stereocenters. The Hall–Kier alpha value is -3.75. The molecule has 154 valence electrons. The maximum Gasteiger partial charge on any atom is 0.274 e. The van der Waals surface area contributed by atoms with Gasteiger partial charge in [-0.1, -0.05) is 0 Å². The van der Waals surface area contributed by atoms with Crippen LogP contribution < -0.4 is 11.0 Å². The Kier molecular flexibility index (Phi) is 3.73. The molecule has 0 saturated carbocycles. The minimum Gasteiger partial charge on any atom is -0.502 e. The summed E-state index contributed by atoms with van der Waals surface area (Å²) in [4.78, 5) is 28.2. The third kappa shape index (κ3) is 2.38. The van der Waals surface area contributed by atoms with Crippen molar-refractivity contribution in [1.29, 1.82) is 0 Å². The van der Waals surface area contributed by atoms with Crippen molar-refractivity contribution in [2.45, 2.75) is 39.8 Å². The molecule has 0 spiro atoms. The highest BCUT2D eigenvalue weighted by Gasteiger charge is 2.24. The van der Waals surface area contributed by atoms with Gasteiger partial charge in [0, 0.05) is 34.8 Å². The smallest absolute Gasteiger partial charge is 0.274 e. The number of fused-ring (bicyclic) bond motifs is 4. The Morgan fingerprint density at radius 3 is 2.53 bits per heavy atom. The number of pyridine rings is 1. The van der Waals surface area contributed by atoms with E-state index in [4.69, 9.17) is 4.42 Å². The van der Waals surface area contributed by atoms with Crippen molar-refractivity contribution in [2.75, 3.05) is 0 Å². The molecule has 0 unspecified atom stereocenters. The zero-order valence-electron chi connectivity index (χ0n) is 17.0. The number of rotatable bonds is 3. The number of hydrogen-bond acceptors (Lipinski definition) is 5. The van der Waals surface area contributed by atoms with Gasteiger partial charge in [-0.15, -0.1) is 0 Å². The van der Waals surface area contributed by atoms with Gasteiger partial charge >= 0.3 is 0 Å². The summed E-state index contributed by atoms with van der Waals surface area (Å²) in [5, 5.41) is 18.6. The van der Waals surface area contributed by atoms with Crippen LogP contribution in [-0.2, 0) is 0 Å². The van der Waals surface area contributed by atoms with Gasteiger partial charge in [-0.2, -0.15) is 5.10 Å². The number of furan rings is 1. The first-order chi connectivity index (χ1) is 14.3. The van der Waals surface area contributed by atoms with E-state index in [9.17, 15) is 14.7 Å². The van der Waals surface area contributed by atoms with Crippen molar-refractivity contribution in [1.82, 2.24) is 24.5 Å². The molecule has 1 aromatic carbocycles. The molecule has 30 heavy (non-hydrogen) atoms. The molecule has 0 aliphatic rings. The van der Waals surface area contributed by atoms with Gasteiger partial charge in [0.25, 0.3) is 5.56 Å². The summed E-state index contributed by atoms with van der Waals surface area (Å²) in [6.07, 6.45) is 3.55. The summed E-state index contributed by atoms with van der Waals surface area (Å²) < 4.78 is 9.53. The fourth-order valence-corrected chi connectivity index (χ4v) is 3.88. The minimum atomic E-state index is -0.523. The first-order valence-corrected chi connectivity index (χ1v) is 9.77. The fraction of sp³-hybridized carbons (Fsp3) is 0.286. The van der Waals surface area contributed by atoms with E-state index in [1.54, 1.807) is 21.6 Å². The predicted octanol–water partition coefficient (Wildman–Crippen LogP) is 3.65. The number of aromatic nitrogens is 5. The number of phenolic OH excluding ortho intramolecular Hbond substituents is 1. The summed E-state index contributed by atoms with van der Waals surface area (Å²) >= 11 is 0. The van der Waals surface area contributed by atoms with Crippen LogP contribution in [0.25, 0.3) is 44.2 Å². The van der Waals surface area contributed by atoms with E-state index in [1.165, 1.54) is 6.07 Å². The monoisotopic (exact) mass is 407 g/mol. The first kappa shape index (κ1) is 18.3. The number of hydrogen-bond donors (Lipinski definition) is 3. The lowest BCUT2D eigenvalue weighted by Crippen LogP contribution is -2.07. The van der Waals surface area contributed by atoms with E-state index in [2.05, 4.69) is 15.2 Å². The molecule has 0 saturated heterocycles. The lowest BCUT2D eigenvalue weighted by molar-refractivity contribution is 0.464. The molecule has 4 heterocycles. The fourth-order valence-electron chi connectivity index (χ4n) is 3.88. The van der Waals surface area contributed by atoms with Gasteiger partial charge in [-0.3, -0.25) is 24.1 Å². The average Bonchev–Trinajstić information content (AvgIpc) is 3.39. The second-order valence-electron chi connectivity index (χ2n) is 8.03. The SMILES string of the molecule is CC(C)n1cc(-c2c3oc4c(O)c(=O)ccc4c3[nH]c3c2c(=O)[nH]n3C(C)C)cn1. The van der Waals surface area contributed by atoms with Crippen LogP contribution in [-0.4, -0.2) is 29.7 Å². The molecule has 0 amide bonds. The van der Waals surface area contributed by atoms with E-state index in [0.29, 0.717) is 38.6 Å². The van der Waals surface area contributed by atoms with Gasteiger partial charge in [-0.25, -0.2) is 0 Å². The van der Waals surface area contributed by atoms with Gasteiger partial charge in [0.15, 0.2) is 11.2 Å². The summed E-state index contributed by atoms with van der Waals surface area (Å²) in [6, 6.07) is 3.04. The Morgan fingerprint density at radius 1 is 1.10 bits per heavy atom. The third-order valence-corrected chi connectivity index (χ3v) is 5.38. The zero-order valence-corrected chi connectivity index (χ0v) is 17.0. The molecular weight excluding hydrogens is 386 g/mol. The third-order valence-electron chi connectivity index (χ3n) is 5.38. The lowest BCUT2D eigenvalue weighted by Gasteiger charge is -2.09. The van der Waals surface area contributed by atoms with Gasteiger partial charge in [-0.05, 0) is 39.8 Å². The molecule has 9 nitrogen and oxygen atoms in total. The summed E-state index contributed by atoms with van der Waals surface area (Å²) in [7, 11) is 0. The molecule has 4 aromatic heterocycles. The summed E-state index contributed by atoms with van der Waals surface area (Å²) in [5.41, 5.74) is 2.15. The highest BCUT2D eigenvalue weighted by Crippen LogP contribution is 2.40. The molecule has 0 bridgehead atoms. The van der Waals surface area contributed by atoms with Crippen molar-refractivity contribution >= 4 is 33.1 Å². The maximum absolute atomic E-state index is 13.0. The van der Waals surface area contributed by atoms with Gasteiger partial charge in [0.05, 0.1) is 17.1 Å². The van der Waals surface area contributed by atoms with Crippen LogP contribution in [0.2, 0.25) is 0 Å². The molecule has 5 aromatic rings. The second kappa shape index (κ2) is 6.12. The predicted molar refractivity (Wildman–Crippen MR) is 114 cm³/mol. The van der Waals surface area contributed by atoms with Crippen molar-refractivity contribution in [3.05, 3.63) is 45.1 Å². The highest BCUT2D eigenvalue weighted by molar-refractivity contribution is 6.15. The summed E-state index contributed by atoms with van der Waals surface area (Å²) in [6.45, 7) is 7.95. The number of aromatic amines is 2. The van der Waals surface area contributed by atoms with Crippen LogP contribution in [0.5, 0.6) is 5.75 Å². The van der Waals surface area contributed by atoms with E-state index in [0.717, 1.165) is 0 Å². The van der Waals surface area contributed by atoms with Crippen LogP contribution in [0.4, 0.5) is 0 Å². The number of benzene rings is 1. The Balaban J connectivity index is 2.03. The maximum atomic E-state index is 13.0. The molecule has 0 radical (unpaired) electrons. The number of nitrogens with one attached hydrogen (secondary N) is 2.